The number of rotatable bonds is 9. The van der Waals surface area contributed by atoms with E-state index in [-0.39, 0.29) is 5.91 Å². The molecule has 0 unspecified atom stereocenters. The summed E-state index contributed by atoms with van der Waals surface area (Å²) in [4.78, 5) is 11.9. The van der Waals surface area contributed by atoms with Crippen molar-refractivity contribution in [2.24, 2.45) is 11.7 Å². The van der Waals surface area contributed by atoms with E-state index in [9.17, 15) is 4.79 Å². The van der Waals surface area contributed by atoms with E-state index in [1.54, 1.807) is 0 Å². The van der Waals surface area contributed by atoms with E-state index in [1.165, 1.54) is 25.7 Å². The first-order valence-corrected chi connectivity index (χ1v) is 7.70. The first kappa shape index (κ1) is 16.7. The number of unbranched alkanes of at least 4 members (excludes halogenated alkanes) is 3. The average molecular weight is 276 g/mol. The van der Waals surface area contributed by atoms with Crippen molar-refractivity contribution in [3.63, 3.8) is 0 Å². The van der Waals surface area contributed by atoms with Crippen LogP contribution in [0.1, 0.15) is 61.9 Å². The fourth-order valence-corrected chi connectivity index (χ4v) is 2.17. The third kappa shape index (κ3) is 6.71. The van der Waals surface area contributed by atoms with E-state index in [1.807, 2.05) is 24.3 Å². The maximum Gasteiger partial charge on any atom is 0.251 e. The molecule has 0 atom stereocenters. The van der Waals surface area contributed by atoms with Gasteiger partial charge in [-0.2, -0.15) is 0 Å². The average Bonchev–Trinajstić information content (AvgIpc) is 2.45. The van der Waals surface area contributed by atoms with E-state index in [0.29, 0.717) is 12.1 Å². The van der Waals surface area contributed by atoms with Gasteiger partial charge in [0.05, 0.1) is 0 Å². The van der Waals surface area contributed by atoms with Crippen molar-refractivity contribution in [2.75, 3.05) is 6.54 Å². The minimum atomic E-state index is 0.00230. The molecule has 1 aromatic carbocycles. The predicted molar refractivity (Wildman–Crippen MR) is 84.6 cm³/mol. The topological polar surface area (TPSA) is 55.1 Å². The molecule has 112 valence electrons. The normalized spacial score (nSPS) is 10.8. The van der Waals surface area contributed by atoms with Gasteiger partial charge in [-0.25, -0.2) is 0 Å². The minimum absolute atomic E-state index is 0.00230. The van der Waals surface area contributed by atoms with Gasteiger partial charge >= 0.3 is 0 Å². The SMILES string of the molecule is CC(C)CCCCCCNC(=O)c1cccc(CN)c1. The molecule has 1 rings (SSSR count). The van der Waals surface area contributed by atoms with E-state index >= 15 is 0 Å². The molecule has 0 aliphatic rings. The van der Waals surface area contributed by atoms with Crippen molar-refractivity contribution in [1.82, 2.24) is 5.32 Å². The van der Waals surface area contributed by atoms with Crippen LogP contribution in [-0.4, -0.2) is 12.5 Å². The molecule has 0 aliphatic heterocycles. The van der Waals surface area contributed by atoms with Gasteiger partial charge in [0.15, 0.2) is 0 Å². The van der Waals surface area contributed by atoms with Crippen molar-refractivity contribution in [3.05, 3.63) is 35.4 Å². The molecule has 3 N–H and O–H groups in total. The standard InChI is InChI=1S/C17H28N2O/c1-14(2)8-5-3-4-6-11-19-17(20)16-10-7-9-15(12-16)13-18/h7,9-10,12,14H,3-6,8,11,13,18H2,1-2H3,(H,19,20). The van der Waals surface area contributed by atoms with Crippen molar-refractivity contribution >= 4 is 5.91 Å². The molecule has 1 aromatic rings. The lowest BCUT2D eigenvalue weighted by Gasteiger charge is -2.07. The van der Waals surface area contributed by atoms with Crippen LogP contribution in [0.3, 0.4) is 0 Å². The Hall–Kier alpha value is -1.35. The van der Waals surface area contributed by atoms with Crippen LogP contribution < -0.4 is 11.1 Å². The van der Waals surface area contributed by atoms with Gasteiger partial charge in [0.2, 0.25) is 0 Å². The summed E-state index contributed by atoms with van der Waals surface area (Å²) in [6.07, 6.45) is 6.11. The van der Waals surface area contributed by atoms with Crippen LogP contribution in [0.2, 0.25) is 0 Å². The first-order chi connectivity index (χ1) is 9.63. The highest BCUT2D eigenvalue weighted by atomic mass is 16.1. The lowest BCUT2D eigenvalue weighted by molar-refractivity contribution is 0.0953. The van der Waals surface area contributed by atoms with Gasteiger partial charge in [0.1, 0.15) is 0 Å². The second kappa shape index (κ2) is 9.54. The van der Waals surface area contributed by atoms with Crippen LogP contribution >= 0.6 is 0 Å². The van der Waals surface area contributed by atoms with Gasteiger partial charge in [-0.05, 0) is 30.0 Å². The number of hydrogen-bond donors (Lipinski definition) is 2. The fourth-order valence-electron chi connectivity index (χ4n) is 2.17. The Labute approximate surface area is 122 Å². The second-order valence-electron chi connectivity index (χ2n) is 5.76. The van der Waals surface area contributed by atoms with E-state index in [4.69, 9.17) is 5.73 Å². The molecule has 20 heavy (non-hydrogen) atoms. The second-order valence-corrected chi connectivity index (χ2v) is 5.76. The molecule has 0 saturated carbocycles. The summed E-state index contributed by atoms with van der Waals surface area (Å²) in [5.41, 5.74) is 7.27. The lowest BCUT2D eigenvalue weighted by Crippen LogP contribution is -2.24. The fraction of sp³-hybridized carbons (Fsp3) is 0.588. The predicted octanol–water partition coefficient (Wildman–Crippen LogP) is 3.48. The number of hydrogen-bond acceptors (Lipinski definition) is 2. The van der Waals surface area contributed by atoms with Crippen LogP contribution in [0.5, 0.6) is 0 Å². The minimum Gasteiger partial charge on any atom is -0.352 e. The summed E-state index contributed by atoms with van der Waals surface area (Å²) in [5.74, 6) is 0.798. The molecule has 0 radical (unpaired) electrons. The zero-order valence-corrected chi connectivity index (χ0v) is 12.8. The first-order valence-electron chi connectivity index (χ1n) is 7.70. The lowest BCUT2D eigenvalue weighted by atomic mass is 10.0. The monoisotopic (exact) mass is 276 g/mol. The Morgan fingerprint density at radius 3 is 2.65 bits per heavy atom. The summed E-state index contributed by atoms with van der Waals surface area (Å²) in [7, 11) is 0. The molecule has 0 spiro atoms. The Morgan fingerprint density at radius 2 is 1.95 bits per heavy atom. The van der Waals surface area contributed by atoms with Crippen LogP contribution in [0.4, 0.5) is 0 Å². The van der Waals surface area contributed by atoms with Crippen molar-refractivity contribution in [2.45, 2.75) is 52.5 Å². The maximum atomic E-state index is 11.9. The van der Waals surface area contributed by atoms with Crippen LogP contribution in [0, 0.1) is 5.92 Å². The summed E-state index contributed by atoms with van der Waals surface area (Å²) in [6.45, 7) is 5.75. The van der Waals surface area contributed by atoms with E-state index < -0.39 is 0 Å². The number of nitrogens with one attached hydrogen (secondary N) is 1. The Morgan fingerprint density at radius 1 is 1.20 bits per heavy atom. The third-order valence-electron chi connectivity index (χ3n) is 3.42. The molecule has 1 amide bonds. The number of benzene rings is 1. The highest BCUT2D eigenvalue weighted by molar-refractivity contribution is 5.94. The van der Waals surface area contributed by atoms with Crippen LogP contribution in [0.15, 0.2) is 24.3 Å². The van der Waals surface area contributed by atoms with Gasteiger partial charge in [-0.15, -0.1) is 0 Å². The highest BCUT2D eigenvalue weighted by Crippen LogP contribution is 2.09. The summed E-state index contributed by atoms with van der Waals surface area (Å²) in [6, 6.07) is 7.50. The van der Waals surface area contributed by atoms with Gasteiger partial charge in [-0.3, -0.25) is 4.79 Å². The molecule has 0 fully saturated rings. The Kier molecular flexibility index (Phi) is 7.97. The largest absolute Gasteiger partial charge is 0.352 e. The molecule has 3 nitrogen and oxygen atoms in total. The van der Waals surface area contributed by atoms with Gasteiger partial charge in [0.25, 0.3) is 5.91 Å². The smallest absolute Gasteiger partial charge is 0.251 e. The van der Waals surface area contributed by atoms with E-state index in [0.717, 1.165) is 24.4 Å². The van der Waals surface area contributed by atoms with Gasteiger partial charge in [-0.1, -0.05) is 51.7 Å². The molecular weight excluding hydrogens is 248 g/mol. The zero-order chi connectivity index (χ0) is 14.8. The summed E-state index contributed by atoms with van der Waals surface area (Å²) >= 11 is 0. The van der Waals surface area contributed by atoms with Crippen molar-refractivity contribution < 1.29 is 4.79 Å². The maximum absolute atomic E-state index is 11.9. The Bertz CT molecular complexity index is 402. The van der Waals surface area contributed by atoms with Crippen LogP contribution in [-0.2, 0) is 6.54 Å². The molecule has 0 saturated heterocycles. The number of carbonyl (C=O) groups is 1. The Balaban J connectivity index is 2.16. The number of carbonyl (C=O) groups excluding carboxylic acids is 1. The quantitative estimate of drug-likeness (QED) is 0.678. The summed E-state index contributed by atoms with van der Waals surface area (Å²) in [5, 5.41) is 2.97. The molecule has 0 aromatic heterocycles. The molecule has 0 bridgehead atoms. The van der Waals surface area contributed by atoms with Gasteiger partial charge < -0.3 is 11.1 Å². The molecule has 3 heteroatoms. The summed E-state index contributed by atoms with van der Waals surface area (Å²) < 4.78 is 0. The molecular formula is C17H28N2O. The zero-order valence-electron chi connectivity index (χ0n) is 12.8. The number of amides is 1. The number of nitrogens with two attached hydrogens (primary N) is 1. The molecule has 0 heterocycles. The molecule has 0 aliphatic carbocycles. The van der Waals surface area contributed by atoms with Crippen LogP contribution in [0.25, 0.3) is 0 Å². The van der Waals surface area contributed by atoms with Crippen molar-refractivity contribution in [1.29, 1.82) is 0 Å². The third-order valence-corrected chi connectivity index (χ3v) is 3.42. The van der Waals surface area contributed by atoms with Crippen molar-refractivity contribution in [3.8, 4) is 0 Å². The van der Waals surface area contributed by atoms with E-state index in [2.05, 4.69) is 19.2 Å². The highest BCUT2D eigenvalue weighted by Gasteiger charge is 2.04. The van der Waals surface area contributed by atoms with Gasteiger partial charge in [0, 0.05) is 18.7 Å².